The van der Waals surface area contributed by atoms with Gasteiger partial charge in [0.15, 0.2) is 0 Å². The number of nitrogens with one attached hydrogen (secondary N) is 1. The van der Waals surface area contributed by atoms with Crippen molar-refractivity contribution in [3.8, 4) is 0 Å². The summed E-state index contributed by atoms with van der Waals surface area (Å²) in [6.45, 7) is 4.59. The van der Waals surface area contributed by atoms with Gasteiger partial charge in [0.2, 0.25) is 0 Å². The first kappa shape index (κ1) is 12.5. The Balaban J connectivity index is 3.60. The van der Waals surface area contributed by atoms with Crippen molar-refractivity contribution in [3.63, 3.8) is 0 Å². The van der Waals surface area contributed by atoms with E-state index in [9.17, 15) is 13.2 Å². The van der Waals surface area contributed by atoms with E-state index in [-0.39, 0.29) is 0 Å². The van der Waals surface area contributed by atoms with Crippen LogP contribution in [0.15, 0.2) is 11.6 Å². The zero-order chi connectivity index (χ0) is 10.3. The average Bonchev–Trinajstić information content (AvgIpc) is 2.02. The number of hydrogen-bond acceptors (Lipinski definition) is 1. The van der Waals surface area contributed by atoms with Crippen LogP contribution in [0.3, 0.4) is 0 Å². The molecule has 13 heavy (non-hydrogen) atoms. The van der Waals surface area contributed by atoms with Crippen molar-refractivity contribution in [1.29, 1.82) is 0 Å². The predicted octanol–water partition coefficient (Wildman–Crippen LogP) is 2.88. The third kappa shape index (κ3) is 6.63. The highest BCUT2D eigenvalue weighted by molar-refractivity contribution is 5.04. The van der Waals surface area contributed by atoms with Crippen LogP contribution >= 0.6 is 0 Å². The lowest BCUT2D eigenvalue weighted by Gasteiger charge is -2.06. The lowest BCUT2D eigenvalue weighted by molar-refractivity contribution is -0.0915. The molecular formula is C9H16F3N. The lowest BCUT2D eigenvalue weighted by atomic mass is 10.2. The van der Waals surface area contributed by atoms with Gasteiger partial charge >= 0.3 is 6.18 Å². The molecule has 0 saturated heterocycles. The maximum Gasteiger partial charge on any atom is 0.412 e. The molecule has 0 bridgehead atoms. The van der Waals surface area contributed by atoms with E-state index in [4.69, 9.17) is 0 Å². The van der Waals surface area contributed by atoms with Crippen molar-refractivity contribution < 1.29 is 13.2 Å². The van der Waals surface area contributed by atoms with Gasteiger partial charge in [-0.15, -0.1) is 0 Å². The Morgan fingerprint density at radius 1 is 1.31 bits per heavy atom. The van der Waals surface area contributed by atoms with Crippen LogP contribution < -0.4 is 5.32 Å². The van der Waals surface area contributed by atoms with Gasteiger partial charge in [0.25, 0.3) is 0 Å². The van der Waals surface area contributed by atoms with E-state index in [1.165, 1.54) is 6.08 Å². The summed E-state index contributed by atoms with van der Waals surface area (Å²) >= 11 is 0. The normalized spacial score (nSPS) is 13.5. The van der Waals surface area contributed by atoms with E-state index in [2.05, 4.69) is 5.32 Å². The van der Waals surface area contributed by atoms with Crippen LogP contribution in [0, 0.1) is 0 Å². The molecule has 1 N–H and O–H groups in total. The molecule has 0 aliphatic rings. The monoisotopic (exact) mass is 195 g/mol. The summed E-state index contributed by atoms with van der Waals surface area (Å²) in [5.74, 6) is 0. The van der Waals surface area contributed by atoms with Crippen molar-refractivity contribution in [1.82, 2.24) is 5.32 Å². The van der Waals surface area contributed by atoms with Gasteiger partial charge in [-0.05, 0) is 32.9 Å². The van der Waals surface area contributed by atoms with Gasteiger partial charge in [-0.2, -0.15) is 13.2 Å². The molecule has 0 aliphatic carbocycles. The van der Waals surface area contributed by atoms with E-state index in [0.717, 1.165) is 19.9 Å². The van der Waals surface area contributed by atoms with Crippen molar-refractivity contribution >= 4 is 0 Å². The molecule has 0 aromatic rings. The van der Waals surface area contributed by atoms with E-state index < -0.39 is 11.7 Å². The maximum absolute atomic E-state index is 11.9. The number of alkyl halides is 3. The standard InChI is InChI=1S/C9H16F3N/c1-3-6-13-7-4-5-8(2)9(10,11)12/h5,13H,3-4,6-7H2,1-2H3. The molecule has 0 heterocycles. The summed E-state index contributed by atoms with van der Waals surface area (Å²) in [5, 5.41) is 3.03. The molecule has 0 saturated carbocycles. The molecule has 0 fully saturated rings. The zero-order valence-corrected chi connectivity index (χ0v) is 8.04. The van der Waals surface area contributed by atoms with Crippen LogP contribution in [0.5, 0.6) is 0 Å². The highest BCUT2D eigenvalue weighted by Gasteiger charge is 2.29. The first-order valence-corrected chi connectivity index (χ1v) is 4.43. The first-order chi connectivity index (χ1) is 5.98. The summed E-state index contributed by atoms with van der Waals surface area (Å²) in [7, 11) is 0. The van der Waals surface area contributed by atoms with Gasteiger partial charge in [0.05, 0.1) is 0 Å². The molecule has 0 unspecified atom stereocenters. The fourth-order valence-corrected chi connectivity index (χ4v) is 0.808. The first-order valence-electron chi connectivity index (χ1n) is 4.43. The van der Waals surface area contributed by atoms with Crippen molar-refractivity contribution in [3.05, 3.63) is 11.6 Å². The Morgan fingerprint density at radius 3 is 2.38 bits per heavy atom. The average molecular weight is 195 g/mol. The highest BCUT2D eigenvalue weighted by atomic mass is 19.4. The third-order valence-electron chi connectivity index (χ3n) is 1.65. The Hall–Kier alpha value is -0.510. The molecule has 78 valence electrons. The minimum Gasteiger partial charge on any atom is -0.316 e. The molecule has 0 atom stereocenters. The molecule has 4 heteroatoms. The van der Waals surface area contributed by atoms with Gasteiger partial charge in [0.1, 0.15) is 0 Å². The largest absolute Gasteiger partial charge is 0.412 e. The fraction of sp³-hybridized carbons (Fsp3) is 0.778. The number of hydrogen-bond donors (Lipinski definition) is 1. The summed E-state index contributed by atoms with van der Waals surface area (Å²) in [6, 6.07) is 0. The van der Waals surface area contributed by atoms with E-state index in [0.29, 0.717) is 13.0 Å². The lowest BCUT2D eigenvalue weighted by Crippen LogP contribution is -2.16. The van der Waals surface area contributed by atoms with Crippen LogP contribution in [0.4, 0.5) is 13.2 Å². The Morgan fingerprint density at radius 2 is 1.92 bits per heavy atom. The van der Waals surface area contributed by atoms with E-state index >= 15 is 0 Å². The SMILES string of the molecule is CCCNCCC=C(C)C(F)(F)F. The quantitative estimate of drug-likeness (QED) is 0.525. The Kier molecular flexibility index (Phi) is 5.79. The van der Waals surface area contributed by atoms with Crippen LogP contribution in [-0.4, -0.2) is 19.3 Å². The van der Waals surface area contributed by atoms with Crippen molar-refractivity contribution in [2.45, 2.75) is 32.9 Å². The topological polar surface area (TPSA) is 12.0 Å². The second-order valence-corrected chi connectivity index (χ2v) is 2.92. The van der Waals surface area contributed by atoms with Crippen LogP contribution in [0.2, 0.25) is 0 Å². The molecule has 1 nitrogen and oxygen atoms in total. The van der Waals surface area contributed by atoms with Gasteiger partial charge in [0, 0.05) is 5.57 Å². The highest BCUT2D eigenvalue weighted by Crippen LogP contribution is 2.24. The van der Waals surface area contributed by atoms with Crippen molar-refractivity contribution in [2.24, 2.45) is 0 Å². The van der Waals surface area contributed by atoms with Crippen LogP contribution in [0.1, 0.15) is 26.7 Å². The maximum atomic E-state index is 11.9. The molecule has 0 spiro atoms. The number of allylic oxidation sites excluding steroid dienone is 1. The second kappa shape index (κ2) is 6.02. The third-order valence-corrected chi connectivity index (χ3v) is 1.65. The number of halogens is 3. The molecular weight excluding hydrogens is 179 g/mol. The van der Waals surface area contributed by atoms with Crippen LogP contribution in [-0.2, 0) is 0 Å². The van der Waals surface area contributed by atoms with Gasteiger partial charge in [-0.3, -0.25) is 0 Å². The minimum atomic E-state index is -4.16. The Bertz CT molecular complexity index is 161. The minimum absolute atomic E-state index is 0.436. The molecule has 0 amide bonds. The molecule has 0 aliphatic heterocycles. The summed E-state index contributed by atoms with van der Waals surface area (Å²) < 4.78 is 35.8. The molecule has 0 radical (unpaired) electrons. The van der Waals surface area contributed by atoms with Gasteiger partial charge in [-0.25, -0.2) is 0 Å². The zero-order valence-electron chi connectivity index (χ0n) is 8.04. The summed E-state index contributed by atoms with van der Waals surface area (Å²) in [4.78, 5) is 0. The fourth-order valence-electron chi connectivity index (χ4n) is 0.808. The van der Waals surface area contributed by atoms with Crippen LogP contribution in [0.25, 0.3) is 0 Å². The summed E-state index contributed by atoms with van der Waals surface area (Å²) in [6.07, 6.45) is -1.50. The predicted molar refractivity (Wildman–Crippen MR) is 47.6 cm³/mol. The van der Waals surface area contributed by atoms with E-state index in [1.807, 2.05) is 6.92 Å². The van der Waals surface area contributed by atoms with Gasteiger partial charge < -0.3 is 5.32 Å². The smallest absolute Gasteiger partial charge is 0.316 e. The molecule has 0 aromatic carbocycles. The second-order valence-electron chi connectivity index (χ2n) is 2.92. The molecule has 0 rings (SSSR count). The Labute approximate surface area is 77.0 Å². The van der Waals surface area contributed by atoms with Crippen molar-refractivity contribution in [2.75, 3.05) is 13.1 Å². The molecule has 0 aromatic heterocycles. The number of rotatable bonds is 5. The van der Waals surface area contributed by atoms with E-state index in [1.54, 1.807) is 0 Å². The summed E-state index contributed by atoms with van der Waals surface area (Å²) in [5.41, 5.74) is -0.509. The van der Waals surface area contributed by atoms with Gasteiger partial charge in [-0.1, -0.05) is 13.0 Å².